The van der Waals surface area contributed by atoms with Crippen LogP contribution in [0.5, 0.6) is 0 Å². The summed E-state index contributed by atoms with van der Waals surface area (Å²) in [4.78, 5) is 10.4. The van der Waals surface area contributed by atoms with Crippen molar-refractivity contribution in [3.63, 3.8) is 0 Å². The van der Waals surface area contributed by atoms with E-state index in [2.05, 4.69) is 11.3 Å². The van der Waals surface area contributed by atoms with Crippen LogP contribution in [0.2, 0.25) is 0 Å². The summed E-state index contributed by atoms with van der Waals surface area (Å²) in [6.45, 7) is 6.90. The van der Waals surface area contributed by atoms with Gasteiger partial charge in [0.25, 0.3) is 5.60 Å². The van der Waals surface area contributed by atoms with E-state index < -0.39 is 36.4 Å². The third-order valence-corrected chi connectivity index (χ3v) is 1.89. The van der Waals surface area contributed by atoms with Gasteiger partial charge in [-0.3, -0.25) is 4.79 Å². The first-order valence-electron chi connectivity index (χ1n) is 5.33. The molecule has 0 aromatic heterocycles. The van der Waals surface area contributed by atoms with E-state index in [0.717, 1.165) is 13.8 Å². The number of aliphatic hydroxyl groups is 1. The van der Waals surface area contributed by atoms with Crippen LogP contribution in [0.1, 0.15) is 27.2 Å². The molecule has 1 N–H and O–H groups in total. The van der Waals surface area contributed by atoms with Gasteiger partial charge in [-0.2, -0.15) is 26.3 Å². The summed E-state index contributed by atoms with van der Waals surface area (Å²) in [6, 6.07) is 0. The number of alkyl halides is 6. The predicted molar refractivity (Wildman–Crippen MR) is 58.8 cm³/mol. The molecule has 0 saturated heterocycles. The molecule has 1 unspecified atom stereocenters. The lowest BCUT2D eigenvalue weighted by atomic mass is 9.95. The zero-order valence-corrected chi connectivity index (χ0v) is 11.1. The van der Waals surface area contributed by atoms with Gasteiger partial charge in [-0.1, -0.05) is 6.08 Å². The summed E-state index contributed by atoms with van der Waals surface area (Å²) in [5.41, 5.74) is -4.89. The fourth-order valence-electron chi connectivity index (χ4n) is 1.13. The molecule has 0 aromatic carbocycles. The molecule has 0 aliphatic rings. The van der Waals surface area contributed by atoms with E-state index in [1.54, 1.807) is 6.08 Å². The van der Waals surface area contributed by atoms with Crippen LogP contribution in [0.3, 0.4) is 0 Å². The van der Waals surface area contributed by atoms with Crippen molar-refractivity contribution in [2.75, 3.05) is 0 Å². The summed E-state index contributed by atoms with van der Waals surface area (Å²) in [5.74, 6) is -1.04. The summed E-state index contributed by atoms with van der Waals surface area (Å²) < 4.78 is 77.3. The number of carbonyl (C=O) groups is 1. The summed E-state index contributed by atoms with van der Waals surface area (Å²) in [5, 5.41) is 8.73. The third kappa shape index (κ3) is 6.27. The van der Waals surface area contributed by atoms with Crippen molar-refractivity contribution in [3.8, 4) is 0 Å². The topological polar surface area (TPSA) is 46.5 Å². The minimum atomic E-state index is -5.90. The first kappa shape index (κ1) is 21.1. The van der Waals surface area contributed by atoms with Gasteiger partial charge in [0.1, 0.15) is 6.10 Å². The number of carbonyl (C=O) groups excluding carboxylic acids is 1. The molecule has 0 rings (SSSR count). The Balaban J connectivity index is 0. The second-order valence-corrected chi connectivity index (χ2v) is 3.89. The van der Waals surface area contributed by atoms with Crippen LogP contribution in [0.4, 0.5) is 26.3 Å². The molecule has 0 heterocycles. The Kier molecular flexibility index (Phi) is 7.91. The maximum absolute atomic E-state index is 12.2. The Morgan fingerprint density at radius 1 is 1.25 bits per heavy atom. The minimum Gasteiger partial charge on any atom is -0.463 e. The van der Waals surface area contributed by atoms with Gasteiger partial charge < -0.3 is 9.84 Å². The molecule has 9 heteroatoms. The van der Waals surface area contributed by atoms with E-state index in [0.29, 0.717) is 0 Å². The van der Waals surface area contributed by atoms with E-state index in [9.17, 15) is 31.1 Å². The fourth-order valence-corrected chi connectivity index (χ4v) is 1.13. The molecule has 3 nitrogen and oxygen atoms in total. The third-order valence-electron chi connectivity index (χ3n) is 1.89. The van der Waals surface area contributed by atoms with Crippen LogP contribution in [-0.2, 0) is 9.53 Å². The smallest absolute Gasteiger partial charge is 0.426 e. The first-order chi connectivity index (χ1) is 8.72. The highest BCUT2D eigenvalue weighted by atomic mass is 19.4. The highest BCUT2D eigenvalue weighted by Crippen LogP contribution is 2.46. The summed E-state index contributed by atoms with van der Waals surface area (Å²) in [6.07, 6.45) is -13.6. The van der Waals surface area contributed by atoms with Crippen LogP contribution in [0.15, 0.2) is 12.7 Å². The fraction of sp³-hybridized carbons (Fsp3) is 0.727. The van der Waals surface area contributed by atoms with Gasteiger partial charge in [0.05, 0.1) is 0 Å². The van der Waals surface area contributed by atoms with E-state index in [1.807, 2.05) is 6.92 Å². The lowest BCUT2D eigenvalue weighted by molar-refractivity contribution is -0.373. The van der Waals surface area contributed by atoms with Crippen LogP contribution in [-0.4, -0.2) is 35.1 Å². The second-order valence-electron chi connectivity index (χ2n) is 3.89. The van der Waals surface area contributed by atoms with Crippen LogP contribution >= 0.6 is 0 Å². The number of hydrogen-bond acceptors (Lipinski definition) is 3. The quantitative estimate of drug-likeness (QED) is 0.494. The molecular weight excluding hydrogens is 294 g/mol. The number of allylic oxidation sites excluding steroid dienone is 1. The zero-order valence-electron chi connectivity index (χ0n) is 11.1. The highest BCUT2D eigenvalue weighted by molar-refractivity contribution is 5.66. The van der Waals surface area contributed by atoms with Gasteiger partial charge in [0, 0.05) is 13.3 Å². The molecule has 20 heavy (non-hydrogen) atoms. The van der Waals surface area contributed by atoms with Gasteiger partial charge in [-0.05, 0) is 13.8 Å². The van der Waals surface area contributed by atoms with Crippen molar-refractivity contribution < 1.29 is 41.0 Å². The molecule has 0 spiro atoms. The Hall–Kier alpha value is -1.25. The van der Waals surface area contributed by atoms with Crippen molar-refractivity contribution in [1.82, 2.24) is 0 Å². The monoisotopic (exact) mass is 310 g/mol. The average molecular weight is 310 g/mol. The maximum Gasteiger partial charge on any atom is 0.426 e. The van der Waals surface area contributed by atoms with E-state index >= 15 is 0 Å². The summed E-state index contributed by atoms with van der Waals surface area (Å²) >= 11 is 0. The molecule has 0 bridgehead atoms. The molecule has 0 fully saturated rings. The van der Waals surface area contributed by atoms with Crippen molar-refractivity contribution in [3.05, 3.63) is 12.7 Å². The lowest BCUT2D eigenvalue weighted by Crippen LogP contribution is -2.58. The zero-order chi connectivity index (χ0) is 16.8. The number of ether oxygens (including phenoxy) is 1. The molecule has 1 atom stereocenters. The predicted octanol–water partition coefficient (Wildman–Crippen LogP) is 3.38. The summed E-state index contributed by atoms with van der Waals surface area (Å²) in [7, 11) is 0. The van der Waals surface area contributed by atoms with E-state index in [-0.39, 0.29) is 0 Å². The SMILES string of the molecule is C=CC.CC(=O)OC(C)CC(O)(C(F)(F)F)C(F)(F)F. The van der Waals surface area contributed by atoms with Gasteiger partial charge in [-0.15, -0.1) is 6.58 Å². The molecular formula is C11H16F6O3. The average Bonchev–Trinajstić information content (AvgIpc) is 2.13. The molecule has 120 valence electrons. The molecule has 0 amide bonds. The number of esters is 1. The van der Waals surface area contributed by atoms with Crippen LogP contribution < -0.4 is 0 Å². The molecule has 0 saturated carbocycles. The molecule has 0 aliphatic carbocycles. The minimum absolute atomic E-state index is 0.823. The Bertz CT molecular complexity index is 307. The Morgan fingerprint density at radius 2 is 1.55 bits per heavy atom. The lowest BCUT2D eigenvalue weighted by Gasteiger charge is -2.33. The number of halogens is 6. The number of hydrogen-bond donors (Lipinski definition) is 1. The highest BCUT2D eigenvalue weighted by Gasteiger charge is 2.70. The largest absolute Gasteiger partial charge is 0.463 e. The van der Waals surface area contributed by atoms with Crippen LogP contribution in [0, 0.1) is 0 Å². The van der Waals surface area contributed by atoms with E-state index in [4.69, 9.17) is 5.11 Å². The number of rotatable bonds is 3. The van der Waals surface area contributed by atoms with Crippen molar-refractivity contribution in [2.24, 2.45) is 0 Å². The van der Waals surface area contributed by atoms with Crippen LogP contribution in [0.25, 0.3) is 0 Å². The van der Waals surface area contributed by atoms with Gasteiger partial charge in [0.15, 0.2) is 0 Å². The van der Waals surface area contributed by atoms with Gasteiger partial charge >= 0.3 is 18.3 Å². The second kappa shape index (κ2) is 7.51. The Morgan fingerprint density at radius 3 is 1.75 bits per heavy atom. The van der Waals surface area contributed by atoms with Gasteiger partial charge in [0.2, 0.25) is 0 Å². The molecule has 0 aliphatic heterocycles. The molecule has 0 radical (unpaired) electrons. The first-order valence-corrected chi connectivity index (χ1v) is 5.33. The van der Waals surface area contributed by atoms with Crippen molar-refractivity contribution >= 4 is 5.97 Å². The normalized spacial score (nSPS) is 13.9. The van der Waals surface area contributed by atoms with E-state index in [1.165, 1.54) is 0 Å². The van der Waals surface area contributed by atoms with Crippen molar-refractivity contribution in [2.45, 2.75) is 51.2 Å². The van der Waals surface area contributed by atoms with Crippen molar-refractivity contribution in [1.29, 1.82) is 0 Å². The van der Waals surface area contributed by atoms with Gasteiger partial charge in [-0.25, -0.2) is 0 Å². The maximum atomic E-state index is 12.2. The Labute approximate surface area is 112 Å². The molecule has 0 aromatic rings. The standard InChI is InChI=1S/C8H10F6O3.C3H6/c1-4(17-5(2)15)3-6(16,7(9,10)11)8(12,13)14;1-3-2/h4,16H,3H2,1-2H3;3H,1H2,2H3.